The Hall–Kier alpha value is -2.87. The van der Waals surface area contributed by atoms with E-state index in [1.165, 1.54) is 36.0 Å². The van der Waals surface area contributed by atoms with Crippen LogP contribution >= 0.6 is 11.8 Å². The molecule has 1 heterocycles. The van der Waals surface area contributed by atoms with Crippen molar-refractivity contribution < 1.29 is 18.7 Å². The predicted molar refractivity (Wildman–Crippen MR) is 118 cm³/mol. The molecule has 1 atom stereocenters. The topological polar surface area (TPSA) is 66.2 Å². The van der Waals surface area contributed by atoms with Gasteiger partial charge in [0, 0.05) is 12.1 Å². The van der Waals surface area contributed by atoms with Crippen LogP contribution in [0.15, 0.2) is 53.7 Å². The van der Waals surface area contributed by atoms with Crippen LogP contribution in [0.25, 0.3) is 0 Å². The highest BCUT2D eigenvalue weighted by Gasteiger charge is 2.21. The molecule has 0 aliphatic rings. The number of halogens is 1. The average Bonchev–Trinajstić information content (AvgIpc) is 3.15. The number of aromatic nitrogens is 3. The highest BCUT2D eigenvalue weighted by atomic mass is 32.2. The lowest BCUT2D eigenvalue weighted by Gasteiger charge is -2.18. The van der Waals surface area contributed by atoms with Crippen molar-refractivity contribution in [1.29, 1.82) is 0 Å². The predicted octanol–water partition coefficient (Wildman–Crippen LogP) is 5.20. The Bertz CT molecular complexity index is 1000. The molecule has 0 spiro atoms. The summed E-state index contributed by atoms with van der Waals surface area (Å²) in [6.45, 7) is 6.84. The van der Waals surface area contributed by atoms with Crippen molar-refractivity contribution in [1.82, 2.24) is 14.8 Å². The van der Waals surface area contributed by atoms with E-state index in [-0.39, 0.29) is 23.5 Å². The molecular weight excluding hydrogens is 417 g/mol. The largest absolute Gasteiger partial charge is 0.497 e. The monoisotopic (exact) mass is 443 g/mol. The number of methoxy groups -OCH3 is 1. The van der Waals surface area contributed by atoms with Gasteiger partial charge in [-0.2, -0.15) is 0 Å². The Morgan fingerprint density at radius 3 is 2.29 bits per heavy atom. The molecule has 0 aliphatic heterocycles. The Morgan fingerprint density at radius 2 is 1.68 bits per heavy atom. The lowest BCUT2D eigenvalue weighted by atomic mass is 10.1. The van der Waals surface area contributed by atoms with Gasteiger partial charge in [-0.05, 0) is 61.4 Å². The summed E-state index contributed by atoms with van der Waals surface area (Å²) in [4.78, 5) is 12.5. The molecule has 0 radical (unpaired) electrons. The normalized spacial score (nSPS) is 12.1. The van der Waals surface area contributed by atoms with Gasteiger partial charge in [-0.1, -0.05) is 25.6 Å². The molecule has 0 N–H and O–H groups in total. The zero-order valence-electron chi connectivity index (χ0n) is 18.0. The minimum atomic E-state index is -0.364. The third-order valence-corrected chi connectivity index (χ3v) is 5.49. The Morgan fingerprint density at radius 1 is 1.03 bits per heavy atom. The Kier molecular flexibility index (Phi) is 7.68. The SMILES string of the molecule is COc1ccc(OC(C)c2nnc(SCC(=O)c3ccc(F)cc3)n2CC(C)C)cc1. The van der Waals surface area contributed by atoms with Crippen LogP contribution in [0.2, 0.25) is 0 Å². The van der Waals surface area contributed by atoms with Gasteiger partial charge in [-0.15, -0.1) is 10.2 Å². The van der Waals surface area contributed by atoms with Gasteiger partial charge in [-0.3, -0.25) is 4.79 Å². The van der Waals surface area contributed by atoms with Crippen LogP contribution in [0.5, 0.6) is 11.5 Å². The number of nitrogens with zero attached hydrogens (tertiary/aromatic N) is 3. The van der Waals surface area contributed by atoms with Gasteiger partial charge in [0.05, 0.1) is 12.9 Å². The first-order valence-corrected chi connectivity index (χ1v) is 11.0. The maximum absolute atomic E-state index is 13.1. The molecule has 31 heavy (non-hydrogen) atoms. The number of hydrogen-bond acceptors (Lipinski definition) is 6. The number of Topliss-reactive ketones (excluding diaryl/α,β-unsaturated/α-hetero) is 1. The molecule has 164 valence electrons. The minimum Gasteiger partial charge on any atom is -0.497 e. The van der Waals surface area contributed by atoms with Crippen molar-refractivity contribution in [2.45, 2.75) is 38.6 Å². The van der Waals surface area contributed by atoms with E-state index in [2.05, 4.69) is 24.0 Å². The zero-order chi connectivity index (χ0) is 22.4. The summed E-state index contributed by atoms with van der Waals surface area (Å²) in [5.41, 5.74) is 0.472. The fourth-order valence-electron chi connectivity index (χ4n) is 3.00. The smallest absolute Gasteiger partial charge is 0.191 e. The quantitative estimate of drug-likeness (QED) is 0.317. The molecule has 3 rings (SSSR count). The van der Waals surface area contributed by atoms with Gasteiger partial charge < -0.3 is 14.0 Å². The van der Waals surface area contributed by atoms with Gasteiger partial charge in [0.25, 0.3) is 0 Å². The molecule has 0 aliphatic carbocycles. The summed E-state index contributed by atoms with van der Waals surface area (Å²) in [6.07, 6.45) is -0.332. The van der Waals surface area contributed by atoms with Crippen molar-refractivity contribution >= 4 is 17.5 Å². The molecule has 0 amide bonds. The molecule has 1 aromatic heterocycles. The number of hydrogen-bond donors (Lipinski definition) is 0. The third-order valence-electron chi connectivity index (χ3n) is 4.53. The molecule has 0 saturated carbocycles. The summed E-state index contributed by atoms with van der Waals surface area (Å²) in [7, 11) is 1.62. The molecule has 8 heteroatoms. The van der Waals surface area contributed by atoms with Gasteiger partial charge in [0.2, 0.25) is 0 Å². The van der Waals surface area contributed by atoms with Crippen molar-refractivity contribution in [3.8, 4) is 11.5 Å². The Balaban J connectivity index is 1.73. The van der Waals surface area contributed by atoms with Crippen LogP contribution < -0.4 is 9.47 Å². The lowest BCUT2D eigenvalue weighted by molar-refractivity contribution is 0.102. The van der Waals surface area contributed by atoms with E-state index in [0.717, 1.165) is 5.75 Å². The first-order valence-electron chi connectivity index (χ1n) is 10.0. The molecule has 0 saturated heterocycles. The minimum absolute atomic E-state index is 0.0896. The third kappa shape index (κ3) is 6.07. The number of carbonyl (C=O) groups excluding carboxylic acids is 1. The maximum atomic E-state index is 13.1. The van der Waals surface area contributed by atoms with Crippen LogP contribution in [0, 0.1) is 11.7 Å². The van der Waals surface area contributed by atoms with Crippen LogP contribution in [0.1, 0.15) is 43.1 Å². The fraction of sp³-hybridized carbons (Fsp3) is 0.348. The van der Waals surface area contributed by atoms with E-state index >= 15 is 0 Å². The van der Waals surface area contributed by atoms with E-state index in [9.17, 15) is 9.18 Å². The molecule has 6 nitrogen and oxygen atoms in total. The van der Waals surface area contributed by atoms with E-state index < -0.39 is 0 Å². The number of ether oxygens (including phenoxy) is 2. The second-order valence-corrected chi connectivity index (χ2v) is 8.44. The summed E-state index contributed by atoms with van der Waals surface area (Å²) in [5.74, 6) is 2.25. The molecule has 3 aromatic rings. The number of thioether (sulfide) groups is 1. The summed E-state index contributed by atoms with van der Waals surface area (Å²) in [6, 6.07) is 12.9. The molecule has 0 fully saturated rings. The van der Waals surface area contributed by atoms with E-state index in [1.54, 1.807) is 7.11 Å². The van der Waals surface area contributed by atoms with Crippen LogP contribution in [-0.4, -0.2) is 33.4 Å². The van der Waals surface area contributed by atoms with Crippen LogP contribution in [-0.2, 0) is 6.54 Å². The van der Waals surface area contributed by atoms with E-state index in [4.69, 9.17) is 9.47 Å². The summed E-state index contributed by atoms with van der Waals surface area (Å²) in [5, 5.41) is 9.30. The number of rotatable bonds is 10. The average molecular weight is 444 g/mol. The van der Waals surface area contributed by atoms with Crippen molar-refractivity contribution in [2.75, 3.05) is 12.9 Å². The van der Waals surface area contributed by atoms with E-state index in [0.29, 0.717) is 34.8 Å². The van der Waals surface area contributed by atoms with Crippen molar-refractivity contribution in [3.05, 3.63) is 65.7 Å². The summed E-state index contributed by atoms with van der Waals surface area (Å²) >= 11 is 1.32. The standard InChI is InChI=1S/C23H26FN3O3S/c1-15(2)13-27-22(16(3)30-20-11-9-19(29-4)10-12-20)25-26-23(27)31-14-21(28)17-5-7-18(24)8-6-17/h5-12,15-16H,13-14H2,1-4H3. The molecule has 2 aromatic carbocycles. The van der Waals surface area contributed by atoms with Crippen molar-refractivity contribution in [3.63, 3.8) is 0 Å². The number of benzene rings is 2. The zero-order valence-corrected chi connectivity index (χ0v) is 18.9. The molecule has 0 bridgehead atoms. The first-order chi connectivity index (χ1) is 14.9. The van der Waals surface area contributed by atoms with Gasteiger partial charge >= 0.3 is 0 Å². The number of carbonyl (C=O) groups is 1. The van der Waals surface area contributed by atoms with Gasteiger partial charge in [-0.25, -0.2) is 4.39 Å². The molecular formula is C23H26FN3O3S. The van der Waals surface area contributed by atoms with Crippen LogP contribution in [0.4, 0.5) is 4.39 Å². The van der Waals surface area contributed by atoms with Gasteiger partial charge in [0.1, 0.15) is 17.3 Å². The van der Waals surface area contributed by atoms with E-state index in [1.807, 2.05) is 35.8 Å². The first kappa shape index (κ1) is 22.8. The van der Waals surface area contributed by atoms with Gasteiger partial charge in [0.15, 0.2) is 22.9 Å². The highest BCUT2D eigenvalue weighted by Crippen LogP contribution is 2.27. The lowest BCUT2D eigenvalue weighted by Crippen LogP contribution is -2.15. The molecule has 1 unspecified atom stereocenters. The van der Waals surface area contributed by atoms with Crippen LogP contribution in [0.3, 0.4) is 0 Å². The fourth-order valence-corrected chi connectivity index (χ4v) is 3.85. The highest BCUT2D eigenvalue weighted by molar-refractivity contribution is 7.99. The second kappa shape index (κ2) is 10.4. The maximum Gasteiger partial charge on any atom is 0.191 e. The number of ketones is 1. The Labute approximate surface area is 185 Å². The van der Waals surface area contributed by atoms with Crippen molar-refractivity contribution in [2.24, 2.45) is 5.92 Å². The summed E-state index contributed by atoms with van der Waals surface area (Å²) < 4.78 is 26.3. The second-order valence-electron chi connectivity index (χ2n) is 7.50.